The van der Waals surface area contributed by atoms with E-state index in [-0.39, 0.29) is 15.3 Å². The van der Waals surface area contributed by atoms with Gasteiger partial charge in [-0.05, 0) is 42.4 Å². The SMILES string of the molecule is Cc1cc(S(=O)(=O)NCC2CC2(C)C)ccc1C(N)=S. The highest BCUT2D eigenvalue weighted by molar-refractivity contribution is 7.89. The summed E-state index contributed by atoms with van der Waals surface area (Å²) in [7, 11) is -3.46. The lowest BCUT2D eigenvalue weighted by atomic mass is 10.1. The largest absolute Gasteiger partial charge is 0.389 e. The first-order valence-electron chi connectivity index (χ1n) is 6.53. The molecule has 20 heavy (non-hydrogen) atoms. The first kappa shape index (κ1) is 15.4. The molecule has 0 heterocycles. The summed E-state index contributed by atoms with van der Waals surface area (Å²) in [5.74, 6) is 0.425. The maximum absolute atomic E-state index is 12.2. The Bertz CT molecular complexity index is 651. The third kappa shape index (κ3) is 3.19. The van der Waals surface area contributed by atoms with Crippen molar-refractivity contribution in [2.45, 2.75) is 32.1 Å². The van der Waals surface area contributed by atoms with Gasteiger partial charge in [0, 0.05) is 12.1 Å². The van der Waals surface area contributed by atoms with Gasteiger partial charge >= 0.3 is 0 Å². The first-order chi connectivity index (χ1) is 9.13. The molecule has 0 radical (unpaired) electrons. The van der Waals surface area contributed by atoms with Crippen LogP contribution in [0.4, 0.5) is 0 Å². The van der Waals surface area contributed by atoms with Crippen LogP contribution < -0.4 is 10.5 Å². The van der Waals surface area contributed by atoms with Crippen LogP contribution in [-0.2, 0) is 10.0 Å². The molecule has 0 bridgehead atoms. The topological polar surface area (TPSA) is 72.2 Å². The van der Waals surface area contributed by atoms with Crippen LogP contribution in [0.1, 0.15) is 31.4 Å². The zero-order chi connectivity index (χ0) is 15.1. The Hall–Kier alpha value is -0.980. The van der Waals surface area contributed by atoms with Gasteiger partial charge in [0.2, 0.25) is 10.0 Å². The van der Waals surface area contributed by atoms with Crippen molar-refractivity contribution in [3.63, 3.8) is 0 Å². The molecule has 0 aromatic heterocycles. The van der Waals surface area contributed by atoms with E-state index in [4.69, 9.17) is 18.0 Å². The number of hydrogen-bond donors (Lipinski definition) is 2. The van der Waals surface area contributed by atoms with Crippen LogP contribution >= 0.6 is 12.2 Å². The molecule has 6 heteroatoms. The average Bonchev–Trinajstić information content (AvgIpc) is 2.94. The van der Waals surface area contributed by atoms with E-state index in [1.165, 1.54) is 0 Å². The summed E-state index contributed by atoms with van der Waals surface area (Å²) < 4.78 is 27.1. The van der Waals surface area contributed by atoms with Gasteiger partial charge in [0.25, 0.3) is 0 Å². The van der Waals surface area contributed by atoms with Crippen LogP contribution in [0.25, 0.3) is 0 Å². The minimum absolute atomic E-state index is 0.258. The monoisotopic (exact) mass is 312 g/mol. The second-order valence-corrected chi connectivity index (χ2v) is 8.29. The highest BCUT2D eigenvalue weighted by Crippen LogP contribution is 2.51. The van der Waals surface area contributed by atoms with E-state index >= 15 is 0 Å². The molecule has 1 unspecified atom stereocenters. The highest BCUT2D eigenvalue weighted by Gasteiger charge is 2.45. The normalized spacial score (nSPS) is 20.6. The van der Waals surface area contributed by atoms with Gasteiger partial charge < -0.3 is 5.73 Å². The number of benzene rings is 1. The Labute approximate surface area is 125 Å². The van der Waals surface area contributed by atoms with Crippen molar-refractivity contribution in [2.24, 2.45) is 17.1 Å². The fourth-order valence-corrected chi connectivity index (χ4v) is 3.69. The van der Waals surface area contributed by atoms with Crippen LogP contribution in [0.5, 0.6) is 0 Å². The molecule has 3 N–H and O–H groups in total. The molecule has 1 saturated carbocycles. The molecule has 1 atom stereocenters. The van der Waals surface area contributed by atoms with Crippen LogP contribution in [0.3, 0.4) is 0 Å². The van der Waals surface area contributed by atoms with Gasteiger partial charge in [-0.15, -0.1) is 0 Å². The van der Waals surface area contributed by atoms with Gasteiger partial charge in [-0.2, -0.15) is 0 Å². The Kier molecular flexibility index (Phi) is 3.92. The number of hydrogen-bond acceptors (Lipinski definition) is 3. The standard InChI is InChI=1S/C14H20N2O2S2/c1-9-6-11(4-5-12(9)13(15)19)20(17,18)16-8-10-7-14(10,2)3/h4-6,10,16H,7-8H2,1-3H3,(H2,15,19). The molecule has 0 aliphatic heterocycles. The third-order valence-electron chi connectivity index (χ3n) is 4.01. The lowest BCUT2D eigenvalue weighted by Gasteiger charge is -2.10. The van der Waals surface area contributed by atoms with E-state index in [2.05, 4.69) is 18.6 Å². The van der Waals surface area contributed by atoms with Crippen molar-refractivity contribution < 1.29 is 8.42 Å². The highest BCUT2D eigenvalue weighted by atomic mass is 32.2. The minimum Gasteiger partial charge on any atom is -0.389 e. The van der Waals surface area contributed by atoms with Gasteiger partial charge in [0.05, 0.1) is 4.90 Å². The number of nitrogens with one attached hydrogen (secondary N) is 1. The summed E-state index contributed by atoms with van der Waals surface area (Å²) in [6.45, 7) is 6.59. The van der Waals surface area contributed by atoms with E-state index in [1.807, 2.05) is 0 Å². The van der Waals surface area contributed by atoms with Crippen molar-refractivity contribution in [3.05, 3.63) is 29.3 Å². The molecule has 0 spiro atoms. The molecule has 0 saturated heterocycles. The minimum atomic E-state index is -3.46. The second-order valence-electron chi connectivity index (χ2n) is 6.08. The van der Waals surface area contributed by atoms with Crippen molar-refractivity contribution in [1.29, 1.82) is 0 Å². The van der Waals surface area contributed by atoms with Gasteiger partial charge in [-0.1, -0.05) is 32.1 Å². The number of aryl methyl sites for hydroxylation is 1. The van der Waals surface area contributed by atoms with Crippen molar-refractivity contribution in [3.8, 4) is 0 Å². The molecule has 110 valence electrons. The van der Waals surface area contributed by atoms with E-state index < -0.39 is 10.0 Å². The maximum Gasteiger partial charge on any atom is 0.240 e. The molecule has 1 aliphatic rings. The zero-order valence-electron chi connectivity index (χ0n) is 11.9. The Morgan fingerprint density at radius 1 is 1.50 bits per heavy atom. The fourth-order valence-electron chi connectivity index (χ4n) is 2.30. The number of rotatable bonds is 5. The summed E-state index contributed by atoms with van der Waals surface area (Å²) in [5, 5.41) is 0. The summed E-state index contributed by atoms with van der Waals surface area (Å²) in [4.78, 5) is 0.535. The third-order valence-corrected chi connectivity index (χ3v) is 5.65. The van der Waals surface area contributed by atoms with E-state index in [0.29, 0.717) is 18.0 Å². The number of thiocarbonyl (C=S) groups is 1. The Morgan fingerprint density at radius 2 is 2.10 bits per heavy atom. The van der Waals surface area contributed by atoms with E-state index in [0.717, 1.165) is 12.0 Å². The molecule has 2 rings (SSSR count). The van der Waals surface area contributed by atoms with E-state index in [9.17, 15) is 8.42 Å². The molecular weight excluding hydrogens is 292 g/mol. The number of nitrogens with two attached hydrogens (primary N) is 1. The predicted octanol–water partition coefficient (Wildman–Crippen LogP) is 1.95. The van der Waals surface area contributed by atoms with Gasteiger partial charge in [0.1, 0.15) is 4.99 Å². The quantitative estimate of drug-likeness (QED) is 0.815. The van der Waals surface area contributed by atoms with Crippen molar-refractivity contribution >= 4 is 27.2 Å². The molecular formula is C14H20N2O2S2. The van der Waals surface area contributed by atoms with Gasteiger partial charge in [-0.3, -0.25) is 0 Å². The maximum atomic E-state index is 12.2. The number of sulfonamides is 1. The summed E-state index contributed by atoms with van der Waals surface area (Å²) in [5.41, 5.74) is 7.32. The summed E-state index contributed by atoms with van der Waals surface area (Å²) in [6.07, 6.45) is 1.06. The molecule has 1 fully saturated rings. The zero-order valence-corrected chi connectivity index (χ0v) is 13.6. The van der Waals surface area contributed by atoms with Crippen molar-refractivity contribution in [2.75, 3.05) is 6.54 Å². The fraction of sp³-hybridized carbons (Fsp3) is 0.500. The van der Waals surface area contributed by atoms with Crippen LogP contribution in [0.2, 0.25) is 0 Å². The first-order valence-corrected chi connectivity index (χ1v) is 8.43. The molecule has 1 aliphatic carbocycles. The Morgan fingerprint density at radius 3 is 2.55 bits per heavy atom. The molecule has 4 nitrogen and oxygen atoms in total. The lowest BCUT2D eigenvalue weighted by molar-refractivity contribution is 0.537. The molecule has 1 aromatic rings. The summed E-state index contributed by atoms with van der Waals surface area (Å²) in [6, 6.07) is 4.81. The van der Waals surface area contributed by atoms with E-state index in [1.54, 1.807) is 25.1 Å². The average molecular weight is 312 g/mol. The van der Waals surface area contributed by atoms with Crippen molar-refractivity contribution in [1.82, 2.24) is 4.72 Å². The van der Waals surface area contributed by atoms with Gasteiger partial charge in [-0.25, -0.2) is 13.1 Å². The molecule has 1 aromatic carbocycles. The van der Waals surface area contributed by atoms with Crippen LogP contribution in [-0.4, -0.2) is 20.0 Å². The smallest absolute Gasteiger partial charge is 0.240 e. The second kappa shape index (κ2) is 5.09. The lowest BCUT2D eigenvalue weighted by Crippen LogP contribution is -2.27. The molecule has 0 amide bonds. The predicted molar refractivity (Wildman–Crippen MR) is 84.1 cm³/mol. The summed E-state index contributed by atoms with van der Waals surface area (Å²) >= 11 is 4.92. The van der Waals surface area contributed by atoms with Gasteiger partial charge in [0.15, 0.2) is 0 Å². The Balaban J connectivity index is 2.13. The van der Waals surface area contributed by atoms with Crippen LogP contribution in [0.15, 0.2) is 23.1 Å². The van der Waals surface area contributed by atoms with Crippen LogP contribution in [0, 0.1) is 18.3 Å².